The molecule has 0 aliphatic carbocycles. The fraction of sp³-hybridized carbons (Fsp3) is 0.381. The van der Waals surface area contributed by atoms with Crippen molar-refractivity contribution in [2.75, 3.05) is 0 Å². The Kier molecular flexibility index (Phi) is 7.56. The predicted octanol–water partition coefficient (Wildman–Crippen LogP) is 0.132. The Hall–Kier alpha value is -4.29. The van der Waals surface area contributed by atoms with Crippen LogP contribution in [0.4, 0.5) is 4.79 Å². The van der Waals surface area contributed by atoms with Crippen molar-refractivity contribution >= 4 is 41.7 Å². The van der Waals surface area contributed by atoms with Gasteiger partial charge in [-0.2, -0.15) is 0 Å². The Bertz CT molecular complexity index is 993. The van der Waals surface area contributed by atoms with Crippen LogP contribution >= 0.6 is 0 Å². The van der Waals surface area contributed by atoms with Crippen molar-refractivity contribution in [1.82, 2.24) is 15.4 Å². The minimum atomic E-state index is -1.79. The lowest BCUT2D eigenvalue weighted by Gasteiger charge is -2.24. The monoisotopic (exact) mass is 475 g/mol. The van der Waals surface area contributed by atoms with Gasteiger partial charge in [0.1, 0.15) is 12.6 Å². The summed E-state index contributed by atoms with van der Waals surface area (Å²) >= 11 is 0. The molecule has 2 heterocycles. The molecule has 34 heavy (non-hydrogen) atoms. The van der Waals surface area contributed by atoms with E-state index in [0.29, 0.717) is 5.56 Å². The van der Waals surface area contributed by atoms with E-state index < -0.39 is 53.6 Å². The van der Waals surface area contributed by atoms with E-state index in [2.05, 4.69) is 5.32 Å². The molecule has 3 rings (SSSR count). The Morgan fingerprint density at radius 3 is 1.79 bits per heavy atom. The van der Waals surface area contributed by atoms with Gasteiger partial charge in [0.2, 0.25) is 0 Å². The highest BCUT2D eigenvalue weighted by atomic mass is 16.7. The van der Waals surface area contributed by atoms with Crippen LogP contribution in [-0.2, 0) is 49.8 Å². The summed E-state index contributed by atoms with van der Waals surface area (Å²) in [5.41, 5.74) is 0.642. The van der Waals surface area contributed by atoms with Crippen LogP contribution in [0.5, 0.6) is 0 Å². The highest BCUT2D eigenvalue weighted by Gasteiger charge is 2.42. The van der Waals surface area contributed by atoms with Crippen LogP contribution in [0, 0.1) is 5.92 Å². The number of carbonyl (C=O) groups is 7. The van der Waals surface area contributed by atoms with Crippen molar-refractivity contribution in [2.24, 2.45) is 5.92 Å². The number of hydrogen-bond acceptors (Lipinski definition) is 10. The number of nitrogens with zero attached hydrogens (tertiary/aromatic N) is 2. The average Bonchev–Trinajstić information content (AvgIpc) is 3.31. The summed E-state index contributed by atoms with van der Waals surface area (Å²) in [6.07, 6.45) is -1.73. The summed E-state index contributed by atoms with van der Waals surface area (Å²) in [6.45, 7) is 0.998. The van der Waals surface area contributed by atoms with Crippen LogP contribution in [0.15, 0.2) is 30.3 Å². The topological polar surface area (TPSA) is 166 Å². The molecule has 1 N–H and O–H groups in total. The van der Waals surface area contributed by atoms with Crippen molar-refractivity contribution < 1.29 is 48.0 Å². The zero-order valence-corrected chi connectivity index (χ0v) is 18.1. The lowest BCUT2D eigenvalue weighted by atomic mass is 10.0. The summed E-state index contributed by atoms with van der Waals surface area (Å²) in [4.78, 5) is 94.2. The average molecular weight is 475 g/mol. The Morgan fingerprint density at radius 2 is 1.29 bits per heavy atom. The van der Waals surface area contributed by atoms with Crippen LogP contribution in [0.25, 0.3) is 0 Å². The zero-order valence-electron chi connectivity index (χ0n) is 18.1. The van der Waals surface area contributed by atoms with Crippen LogP contribution in [0.1, 0.15) is 38.2 Å². The molecule has 1 aromatic carbocycles. The molecule has 0 radical (unpaired) electrons. The van der Waals surface area contributed by atoms with Gasteiger partial charge >= 0.3 is 18.0 Å². The van der Waals surface area contributed by atoms with Crippen LogP contribution < -0.4 is 5.32 Å². The molecular weight excluding hydrogens is 454 g/mol. The second kappa shape index (κ2) is 10.6. The molecule has 2 unspecified atom stereocenters. The fourth-order valence-electron chi connectivity index (χ4n) is 3.05. The van der Waals surface area contributed by atoms with Crippen LogP contribution in [0.2, 0.25) is 0 Å². The number of amides is 5. The molecule has 5 amide bonds. The maximum atomic E-state index is 12.7. The molecule has 2 aliphatic rings. The third-order valence-corrected chi connectivity index (χ3v) is 4.99. The van der Waals surface area contributed by atoms with Gasteiger partial charge in [-0.3, -0.25) is 19.2 Å². The SMILES string of the molecule is CC(C(=O)ON1C(=O)CCC1=O)C(NC(=O)OCc1ccccc1)C(=O)ON1C(=O)CCC1=O. The van der Waals surface area contributed by atoms with E-state index in [0.717, 1.165) is 6.92 Å². The van der Waals surface area contributed by atoms with Gasteiger partial charge in [0, 0.05) is 25.7 Å². The number of ether oxygens (including phenoxy) is 1. The van der Waals surface area contributed by atoms with Crippen molar-refractivity contribution in [1.29, 1.82) is 0 Å². The van der Waals surface area contributed by atoms with Gasteiger partial charge in [0.05, 0.1) is 5.92 Å². The first-order valence-electron chi connectivity index (χ1n) is 10.3. The number of hydrogen-bond donors (Lipinski definition) is 1. The maximum Gasteiger partial charge on any atom is 0.408 e. The number of rotatable bonds is 8. The van der Waals surface area contributed by atoms with Gasteiger partial charge in [0.15, 0.2) is 0 Å². The molecule has 0 bridgehead atoms. The van der Waals surface area contributed by atoms with Crippen LogP contribution in [0.3, 0.4) is 0 Å². The van der Waals surface area contributed by atoms with Crippen molar-refractivity contribution in [3.63, 3.8) is 0 Å². The summed E-state index contributed by atoms with van der Waals surface area (Å²) < 4.78 is 5.04. The summed E-state index contributed by atoms with van der Waals surface area (Å²) in [7, 11) is 0. The molecule has 2 saturated heterocycles. The smallest absolute Gasteiger partial charge is 0.408 e. The molecule has 2 fully saturated rings. The molecule has 180 valence electrons. The van der Waals surface area contributed by atoms with Crippen molar-refractivity contribution in [3.8, 4) is 0 Å². The molecule has 2 atom stereocenters. The van der Waals surface area contributed by atoms with E-state index >= 15 is 0 Å². The zero-order chi connectivity index (χ0) is 24.8. The quantitative estimate of drug-likeness (QED) is 0.511. The Labute approximate surface area is 192 Å². The molecule has 13 heteroatoms. The first-order valence-corrected chi connectivity index (χ1v) is 10.3. The first-order chi connectivity index (χ1) is 16.2. The van der Waals surface area contributed by atoms with Gasteiger partial charge in [-0.1, -0.05) is 30.3 Å². The van der Waals surface area contributed by atoms with E-state index in [4.69, 9.17) is 14.4 Å². The summed E-state index contributed by atoms with van der Waals surface area (Å²) in [5, 5.41) is 2.67. The molecule has 0 spiro atoms. The minimum absolute atomic E-state index is 0.144. The fourth-order valence-corrected chi connectivity index (χ4v) is 3.05. The minimum Gasteiger partial charge on any atom is -0.445 e. The van der Waals surface area contributed by atoms with E-state index in [1.807, 2.05) is 0 Å². The second-order valence-corrected chi connectivity index (χ2v) is 7.46. The molecular formula is C21H21N3O10. The predicted molar refractivity (Wildman–Crippen MR) is 107 cm³/mol. The maximum absolute atomic E-state index is 12.7. The number of imide groups is 2. The summed E-state index contributed by atoms with van der Waals surface area (Å²) in [5.74, 6) is -7.08. The van der Waals surface area contributed by atoms with E-state index in [1.54, 1.807) is 30.3 Å². The molecule has 13 nitrogen and oxygen atoms in total. The molecule has 0 saturated carbocycles. The number of alkyl carbamates (subject to hydrolysis) is 1. The van der Waals surface area contributed by atoms with Crippen LogP contribution in [-0.4, -0.2) is 57.8 Å². The highest BCUT2D eigenvalue weighted by molar-refractivity contribution is 6.03. The summed E-state index contributed by atoms with van der Waals surface area (Å²) in [6, 6.07) is 6.80. The number of hydroxylamine groups is 4. The number of nitrogens with one attached hydrogen (secondary N) is 1. The Balaban J connectivity index is 1.70. The highest BCUT2D eigenvalue weighted by Crippen LogP contribution is 2.18. The van der Waals surface area contributed by atoms with Crippen molar-refractivity contribution in [3.05, 3.63) is 35.9 Å². The molecule has 1 aromatic rings. The first kappa shape index (κ1) is 24.4. The van der Waals surface area contributed by atoms with Crippen molar-refractivity contribution in [2.45, 2.75) is 45.3 Å². The molecule has 2 aliphatic heterocycles. The van der Waals surface area contributed by atoms with E-state index in [9.17, 15) is 33.6 Å². The normalized spacial score (nSPS) is 17.4. The standard InChI is InChI=1S/C21H21N3O10/c1-12(19(29)33-23-14(25)7-8-15(23)26)18(20(30)34-24-16(27)9-10-17(24)28)22-21(31)32-11-13-5-3-2-4-6-13/h2-6,12,18H,7-11H2,1H3,(H,22,31). The van der Waals surface area contributed by atoms with E-state index in [1.165, 1.54) is 0 Å². The lowest BCUT2D eigenvalue weighted by molar-refractivity contribution is -0.206. The largest absolute Gasteiger partial charge is 0.445 e. The molecule has 0 aromatic heterocycles. The van der Waals surface area contributed by atoms with Gasteiger partial charge in [-0.25, -0.2) is 14.4 Å². The lowest BCUT2D eigenvalue weighted by Crippen LogP contribution is -2.51. The second-order valence-electron chi connectivity index (χ2n) is 7.46. The van der Waals surface area contributed by atoms with E-state index in [-0.39, 0.29) is 42.4 Å². The van der Waals surface area contributed by atoms with Gasteiger partial charge in [-0.05, 0) is 12.5 Å². The third kappa shape index (κ3) is 5.74. The Morgan fingerprint density at radius 1 is 0.824 bits per heavy atom. The third-order valence-electron chi connectivity index (χ3n) is 4.99. The van der Waals surface area contributed by atoms with Gasteiger partial charge < -0.3 is 19.7 Å². The number of benzene rings is 1. The van der Waals surface area contributed by atoms with Gasteiger partial charge in [-0.15, -0.1) is 10.1 Å². The number of carbonyl (C=O) groups excluding carboxylic acids is 7. The van der Waals surface area contributed by atoms with Gasteiger partial charge in [0.25, 0.3) is 23.6 Å².